The van der Waals surface area contributed by atoms with E-state index in [4.69, 9.17) is 16.3 Å². The average Bonchev–Trinajstić information content (AvgIpc) is 2.87. The lowest BCUT2D eigenvalue weighted by atomic mass is 10.2. The smallest absolute Gasteiger partial charge is 0.262 e. The van der Waals surface area contributed by atoms with Gasteiger partial charge in [0, 0.05) is 37.3 Å². The molecule has 0 radical (unpaired) electrons. The van der Waals surface area contributed by atoms with Crippen molar-refractivity contribution in [3.8, 4) is 5.75 Å². The molecule has 0 saturated carbocycles. The first-order chi connectivity index (χ1) is 17.0. The predicted octanol–water partition coefficient (Wildman–Crippen LogP) is 5.03. The molecule has 180 valence electrons. The number of hydrogen-bond acceptors (Lipinski definition) is 4. The minimum Gasteiger partial charge on any atom is -0.484 e. The average molecular weight is 490 g/mol. The van der Waals surface area contributed by atoms with Crippen LogP contribution in [0.25, 0.3) is 6.08 Å². The first-order valence-electron chi connectivity index (χ1n) is 11.5. The highest BCUT2D eigenvalue weighted by atomic mass is 35.5. The SMILES string of the molecule is Cc1cccc(OCC(=O)Nc2cc(Cl)ccc2N2CCN(C(=O)/C=C/c3ccccc3)CC2)c1. The fraction of sp³-hybridized carbons (Fsp3) is 0.214. The van der Waals surface area contributed by atoms with Gasteiger partial charge in [0.25, 0.3) is 5.91 Å². The maximum absolute atomic E-state index is 12.6. The molecule has 1 N–H and O–H groups in total. The molecule has 1 aliphatic heterocycles. The topological polar surface area (TPSA) is 61.9 Å². The van der Waals surface area contributed by atoms with E-state index in [1.54, 1.807) is 18.2 Å². The number of carbonyl (C=O) groups is 2. The molecule has 0 atom stereocenters. The number of aryl methyl sites for hydroxylation is 1. The van der Waals surface area contributed by atoms with Gasteiger partial charge in [-0.15, -0.1) is 0 Å². The van der Waals surface area contributed by atoms with Crippen molar-refractivity contribution >= 4 is 40.9 Å². The van der Waals surface area contributed by atoms with Crippen LogP contribution in [0.4, 0.5) is 11.4 Å². The molecule has 1 saturated heterocycles. The maximum atomic E-state index is 12.6. The van der Waals surface area contributed by atoms with Crippen LogP contribution in [-0.4, -0.2) is 49.5 Å². The van der Waals surface area contributed by atoms with Crippen molar-refractivity contribution in [1.82, 2.24) is 4.90 Å². The largest absolute Gasteiger partial charge is 0.484 e. The Morgan fingerprint density at radius 3 is 2.49 bits per heavy atom. The molecular formula is C28H28ClN3O3. The first-order valence-corrected chi connectivity index (χ1v) is 11.9. The summed E-state index contributed by atoms with van der Waals surface area (Å²) in [7, 11) is 0. The van der Waals surface area contributed by atoms with Crippen molar-refractivity contribution in [3.05, 3.63) is 95.0 Å². The highest BCUT2D eigenvalue weighted by molar-refractivity contribution is 6.31. The lowest BCUT2D eigenvalue weighted by Crippen LogP contribution is -2.48. The quantitative estimate of drug-likeness (QED) is 0.473. The minimum absolute atomic E-state index is 0.00793. The highest BCUT2D eigenvalue weighted by Crippen LogP contribution is 2.30. The van der Waals surface area contributed by atoms with Gasteiger partial charge in [0.1, 0.15) is 5.75 Å². The van der Waals surface area contributed by atoms with Crippen LogP contribution in [0, 0.1) is 6.92 Å². The number of nitrogens with one attached hydrogen (secondary N) is 1. The number of nitrogens with zero attached hydrogens (tertiary/aromatic N) is 2. The van der Waals surface area contributed by atoms with Crippen molar-refractivity contribution < 1.29 is 14.3 Å². The van der Waals surface area contributed by atoms with E-state index >= 15 is 0 Å². The van der Waals surface area contributed by atoms with E-state index in [0.717, 1.165) is 16.8 Å². The summed E-state index contributed by atoms with van der Waals surface area (Å²) in [5.74, 6) is 0.370. The number of halogens is 1. The zero-order valence-electron chi connectivity index (χ0n) is 19.6. The van der Waals surface area contributed by atoms with Crippen LogP contribution in [0.2, 0.25) is 5.02 Å². The molecule has 2 amide bonds. The number of ether oxygens (including phenoxy) is 1. The third-order valence-corrected chi connectivity index (χ3v) is 5.98. The molecular weight excluding hydrogens is 462 g/mol. The van der Waals surface area contributed by atoms with Gasteiger partial charge >= 0.3 is 0 Å². The van der Waals surface area contributed by atoms with Crippen LogP contribution >= 0.6 is 11.6 Å². The van der Waals surface area contributed by atoms with Gasteiger partial charge in [0.15, 0.2) is 6.61 Å². The molecule has 35 heavy (non-hydrogen) atoms. The number of hydrogen-bond donors (Lipinski definition) is 1. The molecule has 0 aliphatic carbocycles. The standard InChI is InChI=1S/C28H28ClN3O3/c1-21-6-5-9-24(18-21)35-20-27(33)30-25-19-23(29)11-12-26(25)31-14-16-32(17-15-31)28(34)13-10-22-7-3-2-4-8-22/h2-13,18-19H,14-17,20H2,1H3,(H,30,33)/b13-10+. The molecule has 1 fully saturated rings. The first kappa shape index (κ1) is 24.4. The van der Waals surface area contributed by atoms with Crippen LogP contribution in [0.1, 0.15) is 11.1 Å². The maximum Gasteiger partial charge on any atom is 0.262 e. The molecule has 6 nitrogen and oxygen atoms in total. The molecule has 1 heterocycles. The zero-order valence-corrected chi connectivity index (χ0v) is 20.4. The second-order valence-corrected chi connectivity index (χ2v) is 8.81. The van der Waals surface area contributed by atoms with E-state index in [1.165, 1.54) is 0 Å². The van der Waals surface area contributed by atoms with E-state index < -0.39 is 0 Å². The summed E-state index contributed by atoms with van der Waals surface area (Å²) in [6.07, 6.45) is 3.45. The molecule has 0 spiro atoms. The normalized spacial score (nSPS) is 13.7. The van der Waals surface area contributed by atoms with E-state index in [2.05, 4.69) is 10.2 Å². The van der Waals surface area contributed by atoms with Gasteiger partial charge in [0.2, 0.25) is 5.91 Å². The summed E-state index contributed by atoms with van der Waals surface area (Å²) in [4.78, 5) is 29.2. The Hall–Kier alpha value is -3.77. The number of piperazine rings is 1. The Bertz CT molecular complexity index is 1210. The van der Waals surface area contributed by atoms with Gasteiger partial charge < -0.3 is 19.9 Å². The Morgan fingerprint density at radius 2 is 1.74 bits per heavy atom. The molecule has 0 aromatic heterocycles. The van der Waals surface area contributed by atoms with E-state index in [1.807, 2.05) is 78.6 Å². The van der Waals surface area contributed by atoms with Crippen molar-refractivity contribution in [2.24, 2.45) is 0 Å². The highest BCUT2D eigenvalue weighted by Gasteiger charge is 2.22. The second kappa shape index (κ2) is 11.6. The molecule has 3 aromatic rings. The molecule has 4 rings (SSSR count). The predicted molar refractivity (Wildman–Crippen MR) is 141 cm³/mol. The number of rotatable bonds is 7. The van der Waals surface area contributed by atoms with Gasteiger partial charge in [-0.05, 0) is 54.5 Å². The van der Waals surface area contributed by atoms with Crippen molar-refractivity contribution in [2.45, 2.75) is 6.92 Å². The summed E-state index contributed by atoms with van der Waals surface area (Å²) in [6.45, 7) is 4.34. The summed E-state index contributed by atoms with van der Waals surface area (Å²) >= 11 is 6.22. The fourth-order valence-electron chi connectivity index (χ4n) is 3.93. The number of amides is 2. The third kappa shape index (κ3) is 6.87. The van der Waals surface area contributed by atoms with Gasteiger partial charge in [-0.3, -0.25) is 9.59 Å². The van der Waals surface area contributed by atoms with Crippen LogP contribution in [0.5, 0.6) is 5.75 Å². The second-order valence-electron chi connectivity index (χ2n) is 8.37. The van der Waals surface area contributed by atoms with Gasteiger partial charge in [-0.2, -0.15) is 0 Å². The monoisotopic (exact) mass is 489 g/mol. The summed E-state index contributed by atoms with van der Waals surface area (Å²) in [6, 6.07) is 22.8. The fourth-order valence-corrected chi connectivity index (χ4v) is 4.10. The summed E-state index contributed by atoms with van der Waals surface area (Å²) in [5, 5.41) is 3.46. The molecule has 0 unspecified atom stereocenters. The Balaban J connectivity index is 1.35. The van der Waals surface area contributed by atoms with E-state index in [-0.39, 0.29) is 18.4 Å². The number of anilines is 2. The molecule has 0 bridgehead atoms. The number of carbonyl (C=O) groups excluding carboxylic acids is 2. The van der Waals surface area contributed by atoms with Crippen LogP contribution in [0.15, 0.2) is 78.9 Å². The summed E-state index contributed by atoms with van der Waals surface area (Å²) in [5.41, 5.74) is 3.55. The Labute approximate surface area is 210 Å². The lowest BCUT2D eigenvalue weighted by molar-refractivity contribution is -0.126. The van der Waals surface area contributed by atoms with Crippen LogP contribution in [-0.2, 0) is 9.59 Å². The minimum atomic E-state index is -0.269. The van der Waals surface area contributed by atoms with Gasteiger partial charge in [-0.1, -0.05) is 54.1 Å². The Kier molecular flexibility index (Phi) is 8.06. The van der Waals surface area contributed by atoms with Crippen molar-refractivity contribution in [1.29, 1.82) is 0 Å². The Morgan fingerprint density at radius 1 is 0.971 bits per heavy atom. The number of benzene rings is 3. The van der Waals surface area contributed by atoms with Gasteiger partial charge in [0.05, 0.1) is 11.4 Å². The molecule has 3 aromatic carbocycles. The lowest BCUT2D eigenvalue weighted by Gasteiger charge is -2.36. The molecule has 1 aliphatic rings. The van der Waals surface area contributed by atoms with E-state index in [0.29, 0.717) is 42.6 Å². The summed E-state index contributed by atoms with van der Waals surface area (Å²) < 4.78 is 5.62. The van der Waals surface area contributed by atoms with Crippen LogP contribution < -0.4 is 15.0 Å². The van der Waals surface area contributed by atoms with Crippen LogP contribution in [0.3, 0.4) is 0 Å². The van der Waals surface area contributed by atoms with Crippen molar-refractivity contribution in [3.63, 3.8) is 0 Å². The molecule has 7 heteroatoms. The van der Waals surface area contributed by atoms with Crippen molar-refractivity contribution in [2.75, 3.05) is 43.0 Å². The third-order valence-electron chi connectivity index (χ3n) is 5.74. The zero-order chi connectivity index (χ0) is 24.6. The van der Waals surface area contributed by atoms with E-state index in [9.17, 15) is 9.59 Å². The van der Waals surface area contributed by atoms with Gasteiger partial charge in [-0.25, -0.2) is 0 Å².